The van der Waals surface area contributed by atoms with Gasteiger partial charge in [0.05, 0.1) is 32.0 Å². The van der Waals surface area contributed by atoms with E-state index in [-0.39, 0.29) is 5.02 Å². The van der Waals surface area contributed by atoms with Crippen LogP contribution >= 0.6 is 11.6 Å². The summed E-state index contributed by atoms with van der Waals surface area (Å²) in [5.74, 6) is -2.75. The van der Waals surface area contributed by atoms with Crippen LogP contribution in [-0.2, 0) is 10.8 Å². The van der Waals surface area contributed by atoms with E-state index in [4.69, 9.17) is 11.6 Å². The first-order valence-corrected chi connectivity index (χ1v) is 7.30. The highest BCUT2D eigenvalue weighted by molar-refractivity contribution is 7.86. The fourth-order valence-corrected chi connectivity index (χ4v) is 3.07. The van der Waals surface area contributed by atoms with Gasteiger partial charge in [0.15, 0.2) is 5.78 Å². The maximum absolute atomic E-state index is 13.4. The van der Waals surface area contributed by atoms with Crippen molar-refractivity contribution >= 4 is 28.2 Å². The molecule has 1 atom stereocenters. The van der Waals surface area contributed by atoms with E-state index in [1.807, 2.05) is 0 Å². The number of carbonyl (C=O) groups is 1. The molecule has 0 radical (unpaired) electrons. The summed E-state index contributed by atoms with van der Waals surface area (Å²) in [7, 11) is -1.71. The van der Waals surface area contributed by atoms with Gasteiger partial charge in [-0.05, 0) is 30.3 Å². The zero-order valence-corrected chi connectivity index (χ0v) is 11.7. The third kappa shape index (κ3) is 3.29. The summed E-state index contributed by atoms with van der Waals surface area (Å²) in [6.45, 7) is 0. The highest BCUT2D eigenvalue weighted by Gasteiger charge is 2.18. The molecule has 104 valence electrons. The largest absolute Gasteiger partial charge is 0.293 e. The van der Waals surface area contributed by atoms with E-state index in [2.05, 4.69) is 0 Å². The van der Waals surface area contributed by atoms with Gasteiger partial charge in [-0.1, -0.05) is 23.7 Å². The third-order valence-electron chi connectivity index (χ3n) is 2.57. The first-order chi connectivity index (χ1) is 9.49. The van der Waals surface area contributed by atoms with E-state index in [0.29, 0.717) is 4.90 Å². The van der Waals surface area contributed by atoms with E-state index in [1.54, 1.807) is 18.2 Å². The Balaban J connectivity index is 2.22. The van der Waals surface area contributed by atoms with Gasteiger partial charge in [-0.15, -0.1) is 0 Å². The van der Waals surface area contributed by atoms with E-state index < -0.39 is 39.5 Å². The van der Waals surface area contributed by atoms with Crippen molar-refractivity contribution in [2.24, 2.45) is 0 Å². The van der Waals surface area contributed by atoms with Gasteiger partial charge in [-0.3, -0.25) is 9.00 Å². The fraction of sp³-hybridized carbons (Fsp3) is 0.0714. The van der Waals surface area contributed by atoms with Gasteiger partial charge in [0.1, 0.15) is 11.6 Å². The van der Waals surface area contributed by atoms with Crippen molar-refractivity contribution in [1.82, 2.24) is 0 Å². The lowest BCUT2D eigenvalue weighted by molar-refractivity contribution is 0.101. The molecule has 0 amide bonds. The van der Waals surface area contributed by atoms with Crippen LogP contribution in [0.4, 0.5) is 8.78 Å². The molecule has 2 rings (SSSR count). The third-order valence-corrected chi connectivity index (χ3v) is 4.39. The molecular weight excluding hydrogens is 306 g/mol. The quantitative estimate of drug-likeness (QED) is 0.808. The van der Waals surface area contributed by atoms with Crippen molar-refractivity contribution in [1.29, 1.82) is 0 Å². The number of ketones is 1. The normalized spacial score (nSPS) is 12.2. The highest BCUT2D eigenvalue weighted by atomic mass is 35.5. The van der Waals surface area contributed by atoms with Crippen LogP contribution in [-0.4, -0.2) is 15.7 Å². The number of carbonyl (C=O) groups excluding carboxylic acids is 1. The molecule has 2 nitrogen and oxygen atoms in total. The van der Waals surface area contributed by atoms with Crippen LogP contribution in [0.25, 0.3) is 0 Å². The minimum absolute atomic E-state index is 0.262. The first-order valence-electron chi connectivity index (χ1n) is 5.60. The van der Waals surface area contributed by atoms with Crippen LogP contribution < -0.4 is 0 Å². The average Bonchev–Trinajstić information content (AvgIpc) is 2.41. The Hall–Kier alpha value is -1.59. The minimum atomic E-state index is -1.71. The Kier molecular flexibility index (Phi) is 4.62. The first kappa shape index (κ1) is 14.8. The summed E-state index contributed by atoms with van der Waals surface area (Å²) < 4.78 is 38.5. The second kappa shape index (κ2) is 6.24. The lowest BCUT2D eigenvalue weighted by atomic mass is 10.1. The molecule has 1 unspecified atom stereocenters. The maximum atomic E-state index is 13.4. The van der Waals surface area contributed by atoms with E-state index in [9.17, 15) is 17.8 Å². The molecule has 20 heavy (non-hydrogen) atoms. The Morgan fingerprint density at radius 1 is 1.15 bits per heavy atom. The molecule has 0 aliphatic heterocycles. The van der Waals surface area contributed by atoms with E-state index in [1.165, 1.54) is 6.07 Å². The predicted molar refractivity (Wildman–Crippen MR) is 73.4 cm³/mol. The molecule has 6 heteroatoms. The second-order valence-corrected chi connectivity index (χ2v) is 5.79. The Labute approximate surface area is 121 Å². The van der Waals surface area contributed by atoms with Gasteiger partial charge in [-0.2, -0.15) is 0 Å². The van der Waals surface area contributed by atoms with E-state index in [0.717, 1.165) is 18.2 Å². The minimum Gasteiger partial charge on any atom is -0.293 e. The van der Waals surface area contributed by atoms with Crippen LogP contribution in [0.1, 0.15) is 10.4 Å². The zero-order chi connectivity index (χ0) is 14.7. The summed E-state index contributed by atoms with van der Waals surface area (Å²) >= 11 is 5.87. The lowest BCUT2D eigenvalue weighted by Gasteiger charge is -2.05. The average molecular weight is 315 g/mol. The fourth-order valence-electron chi connectivity index (χ4n) is 1.62. The van der Waals surface area contributed by atoms with Crippen LogP contribution in [0.2, 0.25) is 5.02 Å². The number of rotatable bonds is 4. The van der Waals surface area contributed by atoms with Gasteiger partial charge in [0, 0.05) is 0 Å². The van der Waals surface area contributed by atoms with Crippen molar-refractivity contribution in [2.75, 3.05) is 5.75 Å². The van der Waals surface area contributed by atoms with Crippen molar-refractivity contribution in [3.8, 4) is 0 Å². The summed E-state index contributed by atoms with van der Waals surface area (Å²) in [5, 5.41) is 0.262. The zero-order valence-electron chi connectivity index (χ0n) is 10.1. The molecule has 0 bridgehead atoms. The maximum Gasteiger partial charge on any atom is 0.178 e. The predicted octanol–water partition coefficient (Wildman–Crippen LogP) is 3.61. The van der Waals surface area contributed by atoms with Crippen molar-refractivity contribution in [3.63, 3.8) is 0 Å². The molecule has 2 aromatic rings. The van der Waals surface area contributed by atoms with E-state index >= 15 is 0 Å². The van der Waals surface area contributed by atoms with Crippen LogP contribution in [0.3, 0.4) is 0 Å². The van der Waals surface area contributed by atoms with Gasteiger partial charge >= 0.3 is 0 Å². The number of hydrogen-bond donors (Lipinski definition) is 0. The summed E-state index contributed by atoms with van der Waals surface area (Å²) in [6, 6.07) is 8.93. The molecular formula is C14H9ClF2O2S. The summed E-state index contributed by atoms with van der Waals surface area (Å²) in [6.07, 6.45) is 0. The molecule has 0 aliphatic rings. The molecule has 0 spiro atoms. The molecule has 0 aliphatic carbocycles. The molecule has 0 N–H and O–H groups in total. The topological polar surface area (TPSA) is 34.1 Å². The Bertz CT molecular complexity index is 689. The Morgan fingerprint density at radius 3 is 2.55 bits per heavy atom. The molecule has 0 saturated carbocycles. The number of hydrogen-bond acceptors (Lipinski definition) is 2. The highest BCUT2D eigenvalue weighted by Crippen LogP contribution is 2.20. The Morgan fingerprint density at radius 2 is 1.85 bits per heavy atom. The molecule has 0 fully saturated rings. The van der Waals surface area contributed by atoms with Crippen molar-refractivity contribution in [3.05, 3.63) is 64.7 Å². The molecule has 0 saturated heterocycles. The molecule has 0 heterocycles. The van der Waals surface area contributed by atoms with Gasteiger partial charge in [-0.25, -0.2) is 8.78 Å². The van der Waals surface area contributed by atoms with Gasteiger partial charge < -0.3 is 0 Å². The van der Waals surface area contributed by atoms with Crippen LogP contribution in [0, 0.1) is 11.6 Å². The lowest BCUT2D eigenvalue weighted by Crippen LogP contribution is -2.13. The van der Waals surface area contributed by atoms with Crippen molar-refractivity contribution < 1.29 is 17.8 Å². The molecule has 0 aromatic heterocycles. The SMILES string of the molecule is O=C(CS(=O)c1ccccc1Cl)c1cc(F)ccc1F. The summed E-state index contributed by atoms with van der Waals surface area (Å²) in [5.41, 5.74) is -0.412. The smallest absolute Gasteiger partial charge is 0.178 e. The van der Waals surface area contributed by atoms with Gasteiger partial charge in [0.25, 0.3) is 0 Å². The monoisotopic (exact) mass is 314 g/mol. The number of benzene rings is 2. The second-order valence-electron chi connectivity index (χ2n) is 3.97. The van der Waals surface area contributed by atoms with Crippen LogP contribution in [0.5, 0.6) is 0 Å². The number of halogens is 3. The number of Topliss-reactive ketones (excluding diaryl/α,β-unsaturated/α-hetero) is 1. The van der Waals surface area contributed by atoms with Crippen LogP contribution in [0.15, 0.2) is 47.4 Å². The standard InChI is InChI=1S/C14H9ClF2O2S/c15-11-3-1-2-4-14(11)20(19)8-13(18)10-7-9(16)5-6-12(10)17/h1-7H,8H2. The molecule has 2 aromatic carbocycles. The van der Waals surface area contributed by atoms with Gasteiger partial charge in [0.2, 0.25) is 0 Å². The summed E-state index contributed by atoms with van der Waals surface area (Å²) in [4.78, 5) is 12.2. The van der Waals surface area contributed by atoms with Crippen molar-refractivity contribution in [2.45, 2.75) is 4.90 Å².